The molecule has 0 radical (unpaired) electrons. The Bertz CT molecular complexity index is 293. The van der Waals surface area contributed by atoms with E-state index in [1.165, 1.54) is 11.3 Å². The summed E-state index contributed by atoms with van der Waals surface area (Å²) in [4.78, 5) is 5.25. The van der Waals surface area contributed by atoms with E-state index >= 15 is 0 Å². The Morgan fingerprint density at radius 3 is 2.92 bits per heavy atom. The highest BCUT2D eigenvalue weighted by Gasteiger charge is 2.37. The van der Waals surface area contributed by atoms with Crippen molar-refractivity contribution in [2.75, 3.05) is 0 Å². The first-order valence-corrected chi connectivity index (χ1v) is 5.01. The van der Waals surface area contributed by atoms with Crippen LogP contribution in [0.5, 0.6) is 0 Å². The van der Waals surface area contributed by atoms with Gasteiger partial charge in [0.05, 0.1) is 17.0 Å². The number of aromatic nitrogens is 1. The van der Waals surface area contributed by atoms with Gasteiger partial charge in [0, 0.05) is 17.5 Å². The van der Waals surface area contributed by atoms with Gasteiger partial charge in [0.1, 0.15) is 0 Å². The molecule has 62 valence electrons. The van der Waals surface area contributed by atoms with Crippen molar-refractivity contribution in [2.45, 2.75) is 25.7 Å². The van der Waals surface area contributed by atoms with Crippen molar-refractivity contribution >= 4 is 11.3 Å². The molecule has 1 heterocycles. The van der Waals surface area contributed by atoms with E-state index in [-0.39, 0.29) is 5.41 Å². The van der Waals surface area contributed by atoms with Gasteiger partial charge < -0.3 is 0 Å². The third-order valence-corrected chi connectivity index (χ3v) is 3.32. The third kappa shape index (κ3) is 1.23. The fraction of sp³-hybridized carbons (Fsp3) is 0.556. The summed E-state index contributed by atoms with van der Waals surface area (Å²) >= 11 is 1.65. The van der Waals surface area contributed by atoms with Gasteiger partial charge in [-0.05, 0) is 12.8 Å². The number of hydrogen-bond donors (Lipinski definition) is 0. The molecule has 0 saturated heterocycles. The van der Waals surface area contributed by atoms with Gasteiger partial charge in [0.15, 0.2) is 0 Å². The highest BCUT2D eigenvalue weighted by molar-refractivity contribution is 7.09. The van der Waals surface area contributed by atoms with E-state index in [1.54, 1.807) is 11.3 Å². The molecule has 12 heavy (non-hydrogen) atoms. The first-order valence-electron chi connectivity index (χ1n) is 4.13. The molecule has 0 N–H and O–H groups in total. The Hall–Kier alpha value is -0.880. The summed E-state index contributed by atoms with van der Waals surface area (Å²) in [5, 5.41) is 8.97. The first kappa shape index (κ1) is 7.75. The minimum absolute atomic E-state index is 0.0352. The zero-order valence-corrected chi connectivity index (χ0v) is 7.60. The molecule has 0 bridgehead atoms. The minimum Gasteiger partial charge on any atom is -0.253 e. The smallest absolute Gasteiger partial charge is 0.0794 e. The quantitative estimate of drug-likeness (QED) is 0.697. The van der Waals surface area contributed by atoms with Gasteiger partial charge in [-0.25, -0.2) is 0 Å². The fourth-order valence-corrected chi connectivity index (χ4v) is 2.33. The molecule has 0 spiro atoms. The van der Waals surface area contributed by atoms with Crippen LogP contribution in [-0.2, 0) is 6.42 Å². The van der Waals surface area contributed by atoms with Crippen molar-refractivity contribution in [1.29, 1.82) is 5.26 Å². The summed E-state index contributed by atoms with van der Waals surface area (Å²) in [6, 6.07) is 2.43. The summed E-state index contributed by atoms with van der Waals surface area (Å²) < 4.78 is 0. The second kappa shape index (κ2) is 2.87. The van der Waals surface area contributed by atoms with E-state index in [4.69, 9.17) is 5.26 Å². The van der Waals surface area contributed by atoms with E-state index in [2.05, 4.69) is 11.1 Å². The maximum absolute atomic E-state index is 8.97. The number of thiazole rings is 1. The van der Waals surface area contributed by atoms with E-state index < -0.39 is 0 Å². The second-order valence-electron chi connectivity index (χ2n) is 3.39. The highest BCUT2D eigenvalue weighted by Crippen LogP contribution is 2.43. The maximum atomic E-state index is 8.97. The third-order valence-electron chi connectivity index (χ3n) is 2.54. The van der Waals surface area contributed by atoms with Crippen molar-refractivity contribution in [2.24, 2.45) is 5.41 Å². The van der Waals surface area contributed by atoms with Crippen LogP contribution in [0, 0.1) is 16.7 Å². The van der Waals surface area contributed by atoms with Crippen LogP contribution < -0.4 is 0 Å². The van der Waals surface area contributed by atoms with Crippen molar-refractivity contribution in [3.63, 3.8) is 0 Å². The standard InChI is InChI=1S/C9H10N2S/c10-6-9(2-1-3-9)4-8-5-11-7-12-8/h5,7H,1-4H2. The molecule has 0 aromatic carbocycles. The van der Waals surface area contributed by atoms with E-state index in [1.807, 2.05) is 11.7 Å². The lowest BCUT2D eigenvalue weighted by Gasteiger charge is -2.34. The van der Waals surface area contributed by atoms with E-state index in [9.17, 15) is 0 Å². The summed E-state index contributed by atoms with van der Waals surface area (Å²) in [6.07, 6.45) is 6.14. The lowest BCUT2D eigenvalue weighted by Crippen LogP contribution is -2.29. The molecule has 2 rings (SSSR count). The van der Waals surface area contributed by atoms with Crippen LogP contribution in [0.3, 0.4) is 0 Å². The first-order chi connectivity index (χ1) is 5.85. The molecule has 0 aliphatic heterocycles. The topological polar surface area (TPSA) is 36.7 Å². The molecule has 2 nitrogen and oxygen atoms in total. The van der Waals surface area contributed by atoms with Crippen LogP contribution in [-0.4, -0.2) is 4.98 Å². The predicted octanol–water partition coefficient (Wildman–Crippen LogP) is 2.38. The van der Waals surface area contributed by atoms with Crippen LogP contribution in [0.4, 0.5) is 0 Å². The molecule has 1 aromatic rings. The minimum atomic E-state index is -0.0352. The molecule has 3 heteroatoms. The van der Waals surface area contributed by atoms with Gasteiger partial charge in [-0.15, -0.1) is 11.3 Å². The number of hydrogen-bond acceptors (Lipinski definition) is 3. The van der Waals surface area contributed by atoms with E-state index in [0.717, 1.165) is 19.3 Å². The average Bonchev–Trinajstić information content (AvgIpc) is 2.49. The zero-order valence-electron chi connectivity index (χ0n) is 6.79. The molecule has 0 atom stereocenters. The van der Waals surface area contributed by atoms with Gasteiger partial charge in [-0.1, -0.05) is 6.42 Å². The zero-order chi connectivity index (χ0) is 8.44. The summed E-state index contributed by atoms with van der Waals surface area (Å²) in [6.45, 7) is 0. The monoisotopic (exact) mass is 178 g/mol. The highest BCUT2D eigenvalue weighted by atomic mass is 32.1. The van der Waals surface area contributed by atoms with Gasteiger partial charge in [-0.3, -0.25) is 4.98 Å². The molecular formula is C9H10N2S. The van der Waals surface area contributed by atoms with Gasteiger partial charge in [0.2, 0.25) is 0 Å². The molecule has 1 saturated carbocycles. The Labute approximate surface area is 75.9 Å². The normalized spacial score (nSPS) is 19.6. The second-order valence-corrected chi connectivity index (χ2v) is 4.36. The lowest BCUT2D eigenvalue weighted by molar-refractivity contribution is 0.215. The summed E-state index contributed by atoms with van der Waals surface area (Å²) in [5.74, 6) is 0. The molecule has 0 amide bonds. The van der Waals surface area contributed by atoms with Crippen LogP contribution >= 0.6 is 11.3 Å². The van der Waals surface area contributed by atoms with Crippen molar-refractivity contribution in [3.05, 3.63) is 16.6 Å². The van der Waals surface area contributed by atoms with Gasteiger partial charge in [-0.2, -0.15) is 5.26 Å². The lowest BCUT2D eigenvalue weighted by atomic mass is 9.68. The van der Waals surface area contributed by atoms with Crippen LogP contribution in [0.15, 0.2) is 11.7 Å². The predicted molar refractivity (Wildman–Crippen MR) is 47.7 cm³/mol. The van der Waals surface area contributed by atoms with Gasteiger partial charge in [0.25, 0.3) is 0 Å². The molecular weight excluding hydrogens is 168 g/mol. The number of nitriles is 1. The summed E-state index contributed by atoms with van der Waals surface area (Å²) in [5.41, 5.74) is 1.80. The van der Waals surface area contributed by atoms with Crippen molar-refractivity contribution in [1.82, 2.24) is 4.98 Å². The number of nitrogens with zero attached hydrogens (tertiary/aromatic N) is 2. The SMILES string of the molecule is N#CC1(Cc2cncs2)CCC1. The average molecular weight is 178 g/mol. The largest absolute Gasteiger partial charge is 0.253 e. The molecule has 1 aliphatic rings. The summed E-state index contributed by atoms with van der Waals surface area (Å²) in [7, 11) is 0. The molecule has 0 unspecified atom stereocenters. The van der Waals surface area contributed by atoms with Gasteiger partial charge >= 0.3 is 0 Å². The van der Waals surface area contributed by atoms with Crippen molar-refractivity contribution in [3.8, 4) is 6.07 Å². The van der Waals surface area contributed by atoms with Crippen LogP contribution in [0.1, 0.15) is 24.1 Å². The fourth-order valence-electron chi connectivity index (χ4n) is 1.59. The van der Waals surface area contributed by atoms with Crippen molar-refractivity contribution < 1.29 is 0 Å². The molecule has 1 aromatic heterocycles. The number of rotatable bonds is 2. The van der Waals surface area contributed by atoms with Crippen LogP contribution in [0.25, 0.3) is 0 Å². The molecule has 1 aliphatic carbocycles. The van der Waals surface area contributed by atoms with Crippen LogP contribution in [0.2, 0.25) is 0 Å². The Balaban J connectivity index is 2.08. The molecule has 1 fully saturated rings. The Morgan fingerprint density at radius 1 is 1.67 bits per heavy atom. The Morgan fingerprint density at radius 2 is 2.50 bits per heavy atom. The maximum Gasteiger partial charge on any atom is 0.0794 e. The van der Waals surface area contributed by atoms with E-state index in [0.29, 0.717) is 0 Å². The Kier molecular flexibility index (Phi) is 1.86.